The quantitative estimate of drug-likeness (QED) is 0.776. The minimum absolute atomic E-state index is 0.669. The first-order valence-electron chi connectivity index (χ1n) is 6.60. The van der Waals surface area contributed by atoms with Crippen LogP contribution in [-0.4, -0.2) is 62.7 Å². The first-order valence-corrected chi connectivity index (χ1v) is 6.60. The van der Waals surface area contributed by atoms with Crippen LogP contribution in [0.4, 0.5) is 0 Å². The Morgan fingerprint density at radius 1 is 1.25 bits per heavy atom. The van der Waals surface area contributed by atoms with Crippen LogP contribution in [0.1, 0.15) is 20.8 Å². The van der Waals surface area contributed by atoms with E-state index in [2.05, 4.69) is 50.0 Å². The highest BCUT2D eigenvalue weighted by Crippen LogP contribution is 2.14. The predicted molar refractivity (Wildman–Crippen MR) is 70.8 cm³/mol. The molecule has 3 heteroatoms. The van der Waals surface area contributed by atoms with E-state index < -0.39 is 0 Å². The molecule has 0 aliphatic carbocycles. The Labute approximate surface area is 101 Å². The molecule has 0 amide bonds. The number of nitrogens with zero attached hydrogens (tertiary/aromatic N) is 2. The molecule has 96 valence electrons. The Balaban J connectivity index is 2.64. The maximum absolute atomic E-state index is 3.34. The molecule has 0 aromatic rings. The van der Waals surface area contributed by atoms with Crippen LogP contribution in [0.2, 0.25) is 0 Å². The van der Waals surface area contributed by atoms with Crippen LogP contribution in [0.5, 0.6) is 0 Å². The fourth-order valence-electron chi connectivity index (χ4n) is 2.81. The van der Waals surface area contributed by atoms with E-state index in [0.717, 1.165) is 18.4 Å². The van der Waals surface area contributed by atoms with Crippen molar-refractivity contribution in [3.63, 3.8) is 0 Å². The molecule has 0 aromatic heterocycles. The van der Waals surface area contributed by atoms with Gasteiger partial charge < -0.3 is 10.2 Å². The average Bonchev–Trinajstić information content (AvgIpc) is 2.25. The largest absolute Gasteiger partial charge is 0.318 e. The van der Waals surface area contributed by atoms with Gasteiger partial charge in [-0.1, -0.05) is 20.8 Å². The summed E-state index contributed by atoms with van der Waals surface area (Å²) in [4.78, 5) is 5.16. The van der Waals surface area contributed by atoms with E-state index in [0.29, 0.717) is 6.04 Å². The van der Waals surface area contributed by atoms with Gasteiger partial charge in [-0.05, 0) is 25.9 Å². The minimum atomic E-state index is 0.669. The number of hydrogen-bond donors (Lipinski definition) is 1. The van der Waals surface area contributed by atoms with Crippen molar-refractivity contribution in [2.45, 2.75) is 26.8 Å². The molecular formula is C13H29N3. The van der Waals surface area contributed by atoms with Gasteiger partial charge in [0.1, 0.15) is 0 Å². The molecule has 0 saturated carbocycles. The lowest BCUT2D eigenvalue weighted by molar-refractivity contribution is 0.162. The average molecular weight is 227 g/mol. The van der Waals surface area contributed by atoms with Crippen LogP contribution in [0.25, 0.3) is 0 Å². The summed E-state index contributed by atoms with van der Waals surface area (Å²) in [6.45, 7) is 13.0. The van der Waals surface area contributed by atoms with Crippen molar-refractivity contribution in [1.82, 2.24) is 15.1 Å². The normalized spacial score (nSPS) is 29.6. The highest BCUT2D eigenvalue weighted by atomic mass is 15.2. The van der Waals surface area contributed by atoms with Crippen molar-refractivity contribution in [3.05, 3.63) is 0 Å². The van der Waals surface area contributed by atoms with E-state index >= 15 is 0 Å². The fraction of sp³-hybridized carbons (Fsp3) is 1.00. The lowest BCUT2D eigenvalue weighted by atomic mass is 10.1. The Kier molecular flexibility index (Phi) is 5.73. The number of hydrogen-bond acceptors (Lipinski definition) is 3. The van der Waals surface area contributed by atoms with Gasteiger partial charge in [0.2, 0.25) is 0 Å². The van der Waals surface area contributed by atoms with E-state index in [1.54, 1.807) is 0 Å². The molecule has 3 nitrogen and oxygen atoms in total. The minimum Gasteiger partial charge on any atom is -0.318 e. The summed E-state index contributed by atoms with van der Waals surface area (Å²) >= 11 is 0. The van der Waals surface area contributed by atoms with Crippen molar-refractivity contribution in [2.24, 2.45) is 11.8 Å². The summed E-state index contributed by atoms with van der Waals surface area (Å²) in [5, 5.41) is 3.34. The molecule has 1 fully saturated rings. The zero-order chi connectivity index (χ0) is 12.1. The van der Waals surface area contributed by atoms with Gasteiger partial charge in [0.25, 0.3) is 0 Å². The molecule has 0 bridgehead atoms. The number of nitrogens with one attached hydrogen (secondary N) is 1. The molecule has 0 spiro atoms. The maximum atomic E-state index is 3.34. The highest BCUT2D eigenvalue weighted by Gasteiger charge is 2.26. The molecule has 1 aliphatic heterocycles. The van der Waals surface area contributed by atoms with Crippen molar-refractivity contribution in [2.75, 3.05) is 46.8 Å². The van der Waals surface area contributed by atoms with Gasteiger partial charge in [-0.2, -0.15) is 0 Å². The van der Waals surface area contributed by atoms with Crippen LogP contribution in [0.15, 0.2) is 0 Å². The Morgan fingerprint density at radius 2 is 1.94 bits per heavy atom. The molecule has 1 N–H and O–H groups in total. The van der Waals surface area contributed by atoms with Crippen molar-refractivity contribution in [3.8, 4) is 0 Å². The van der Waals surface area contributed by atoms with Gasteiger partial charge in [-0.3, -0.25) is 4.90 Å². The molecule has 1 saturated heterocycles. The third-order valence-corrected chi connectivity index (χ3v) is 3.25. The fourth-order valence-corrected chi connectivity index (χ4v) is 2.81. The summed E-state index contributed by atoms with van der Waals surface area (Å²) in [7, 11) is 4.31. The Bertz CT molecular complexity index is 194. The zero-order valence-electron chi connectivity index (χ0n) is 11.7. The van der Waals surface area contributed by atoms with Crippen LogP contribution in [0.3, 0.4) is 0 Å². The molecule has 2 atom stereocenters. The molecule has 1 heterocycles. The second-order valence-corrected chi connectivity index (χ2v) is 5.89. The van der Waals surface area contributed by atoms with E-state index in [-0.39, 0.29) is 0 Å². The summed E-state index contributed by atoms with van der Waals surface area (Å²) in [6, 6.07) is 0.669. The smallest absolute Gasteiger partial charge is 0.0347 e. The molecule has 0 aromatic carbocycles. The summed E-state index contributed by atoms with van der Waals surface area (Å²) < 4.78 is 0. The molecular weight excluding hydrogens is 198 g/mol. The summed E-state index contributed by atoms with van der Waals surface area (Å²) in [5.74, 6) is 1.54. The Morgan fingerprint density at radius 3 is 2.50 bits per heavy atom. The predicted octanol–water partition coefficient (Wildman–Crippen LogP) is 1.11. The molecule has 16 heavy (non-hydrogen) atoms. The summed E-state index contributed by atoms with van der Waals surface area (Å²) in [5.41, 5.74) is 0. The van der Waals surface area contributed by atoms with Gasteiger partial charge in [0, 0.05) is 38.8 Å². The van der Waals surface area contributed by atoms with Gasteiger partial charge in [0.15, 0.2) is 0 Å². The van der Waals surface area contributed by atoms with Gasteiger partial charge >= 0.3 is 0 Å². The number of rotatable bonds is 4. The van der Waals surface area contributed by atoms with E-state index in [1.807, 2.05) is 0 Å². The van der Waals surface area contributed by atoms with Gasteiger partial charge in [0.05, 0.1) is 0 Å². The first-order chi connectivity index (χ1) is 7.52. The standard InChI is InChI=1S/C13H29N3/c1-11(2)7-16-9-12(3)8-15(5)10-13(16)6-14-4/h11-14H,6-10H2,1-5H3. The van der Waals surface area contributed by atoms with Crippen molar-refractivity contribution < 1.29 is 0 Å². The van der Waals surface area contributed by atoms with Gasteiger partial charge in [-0.15, -0.1) is 0 Å². The highest BCUT2D eigenvalue weighted by molar-refractivity contribution is 4.83. The molecule has 0 radical (unpaired) electrons. The lowest BCUT2D eigenvalue weighted by Gasteiger charge is -2.32. The molecule has 2 unspecified atom stereocenters. The SMILES string of the molecule is CNCC1CN(C)CC(C)CN1CC(C)C. The second-order valence-electron chi connectivity index (χ2n) is 5.89. The van der Waals surface area contributed by atoms with E-state index in [1.165, 1.54) is 26.2 Å². The van der Waals surface area contributed by atoms with Crippen LogP contribution in [0, 0.1) is 11.8 Å². The van der Waals surface area contributed by atoms with Crippen LogP contribution < -0.4 is 5.32 Å². The second kappa shape index (κ2) is 6.58. The summed E-state index contributed by atoms with van der Waals surface area (Å²) in [6.07, 6.45) is 0. The van der Waals surface area contributed by atoms with E-state index in [9.17, 15) is 0 Å². The van der Waals surface area contributed by atoms with Crippen LogP contribution in [-0.2, 0) is 0 Å². The van der Waals surface area contributed by atoms with Crippen molar-refractivity contribution in [1.29, 1.82) is 0 Å². The monoisotopic (exact) mass is 227 g/mol. The molecule has 1 rings (SSSR count). The van der Waals surface area contributed by atoms with E-state index in [4.69, 9.17) is 0 Å². The lowest BCUT2D eigenvalue weighted by Crippen LogP contribution is -2.47. The topological polar surface area (TPSA) is 18.5 Å². The van der Waals surface area contributed by atoms with Crippen molar-refractivity contribution >= 4 is 0 Å². The zero-order valence-corrected chi connectivity index (χ0v) is 11.7. The van der Waals surface area contributed by atoms with Gasteiger partial charge in [-0.25, -0.2) is 0 Å². The first kappa shape index (κ1) is 13.9. The van der Waals surface area contributed by atoms with Crippen LogP contribution >= 0.6 is 0 Å². The maximum Gasteiger partial charge on any atom is 0.0347 e. The molecule has 1 aliphatic rings. The third-order valence-electron chi connectivity index (χ3n) is 3.25. The Hall–Kier alpha value is -0.120. The number of likely N-dealkylation sites (N-methyl/N-ethyl adjacent to an activating group) is 2. The third kappa shape index (κ3) is 4.40.